The molecule has 2 aromatic carbocycles. The second kappa shape index (κ2) is 7.63. The zero-order chi connectivity index (χ0) is 21.3. The van der Waals surface area contributed by atoms with Gasteiger partial charge in [-0.2, -0.15) is 0 Å². The molecule has 0 amide bonds. The van der Waals surface area contributed by atoms with E-state index in [4.69, 9.17) is 4.74 Å². The van der Waals surface area contributed by atoms with Crippen LogP contribution < -0.4 is 4.74 Å². The highest BCUT2D eigenvalue weighted by molar-refractivity contribution is 6.10. The zero-order valence-corrected chi connectivity index (χ0v) is 17.1. The van der Waals surface area contributed by atoms with E-state index in [1.807, 2.05) is 54.7 Å². The molecule has 0 radical (unpaired) electrons. The van der Waals surface area contributed by atoms with Crippen LogP contribution in [0.3, 0.4) is 0 Å². The van der Waals surface area contributed by atoms with Crippen molar-refractivity contribution in [2.24, 2.45) is 0 Å². The lowest BCUT2D eigenvalue weighted by atomic mass is 10.0. The van der Waals surface area contributed by atoms with Crippen LogP contribution in [0, 0.1) is 0 Å². The van der Waals surface area contributed by atoms with Gasteiger partial charge in [-0.25, -0.2) is 15.0 Å². The summed E-state index contributed by atoms with van der Waals surface area (Å²) in [5, 5.41) is 2.39. The first-order valence-electron chi connectivity index (χ1n) is 10.4. The molecular formula is C27H18N4O. The first kappa shape index (κ1) is 18.3. The summed E-state index contributed by atoms with van der Waals surface area (Å²) in [5.74, 6) is 1.92. The van der Waals surface area contributed by atoms with Crippen molar-refractivity contribution in [2.75, 3.05) is 0 Å². The number of pyridine rings is 3. The normalized spacial score (nSPS) is 11.1. The first-order valence-corrected chi connectivity index (χ1v) is 10.4. The van der Waals surface area contributed by atoms with E-state index in [2.05, 4.69) is 62.0 Å². The fraction of sp³-hybridized carbons (Fsp3) is 0. The molecule has 0 fully saturated rings. The van der Waals surface area contributed by atoms with Gasteiger partial charge in [0.1, 0.15) is 5.82 Å². The Morgan fingerprint density at radius 3 is 2.12 bits per heavy atom. The highest BCUT2D eigenvalue weighted by Crippen LogP contribution is 2.34. The summed E-state index contributed by atoms with van der Waals surface area (Å²) in [5.41, 5.74) is 4.33. The third-order valence-electron chi connectivity index (χ3n) is 5.47. The molecule has 0 saturated carbocycles. The molecule has 0 N–H and O–H groups in total. The van der Waals surface area contributed by atoms with Gasteiger partial charge >= 0.3 is 0 Å². The van der Waals surface area contributed by atoms with Gasteiger partial charge in [0.15, 0.2) is 0 Å². The van der Waals surface area contributed by atoms with Crippen molar-refractivity contribution < 1.29 is 4.74 Å². The largest absolute Gasteiger partial charge is 0.421 e. The van der Waals surface area contributed by atoms with Crippen LogP contribution in [0.5, 0.6) is 11.8 Å². The molecule has 152 valence electrons. The Bertz CT molecular complexity index is 1540. The van der Waals surface area contributed by atoms with E-state index in [-0.39, 0.29) is 0 Å². The number of para-hydroxylation sites is 1. The quantitative estimate of drug-likeness (QED) is 0.334. The Labute approximate surface area is 184 Å². The minimum atomic E-state index is 0.506. The summed E-state index contributed by atoms with van der Waals surface area (Å²) in [4.78, 5) is 13.2. The third kappa shape index (κ3) is 3.17. The molecule has 32 heavy (non-hydrogen) atoms. The summed E-state index contributed by atoms with van der Waals surface area (Å²) in [6, 6.07) is 30.4. The Morgan fingerprint density at radius 1 is 0.531 bits per heavy atom. The molecule has 6 aromatic rings. The van der Waals surface area contributed by atoms with Crippen molar-refractivity contribution in [1.29, 1.82) is 0 Å². The van der Waals surface area contributed by atoms with Gasteiger partial charge in [0.2, 0.25) is 11.8 Å². The van der Waals surface area contributed by atoms with Crippen LogP contribution >= 0.6 is 0 Å². The highest BCUT2D eigenvalue weighted by Gasteiger charge is 2.14. The molecule has 0 saturated heterocycles. The smallest absolute Gasteiger partial charge is 0.221 e. The van der Waals surface area contributed by atoms with Crippen molar-refractivity contribution in [3.8, 4) is 28.7 Å². The van der Waals surface area contributed by atoms with Crippen molar-refractivity contribution >= 4 is 21.8 Å². The number of rotatable bonds is 4. The van der Waals surface area contributed by atoms with Crippen molar-refractivity contribution in [1.82, 2.24) is 19.5 Å². The molecule has 0 atom stereocenters. The van der Waals surface area contributed by atoms with Crippen LogP contribution in [0.15, 0.2) is 110 Å². The van der Waals surface area contributed by atoms with Crippen LogP contribution in [0.25, 0.3) is 38.8 Å². The van der Waals surface area contributed by atoms with E-state index in [1.165, 1.54) is 10.8 Å². The highest BCUT2D eigenvalue weighted by atomic mass is 16.5. The minimum Gasteiger partial charge on any atom is -0.421 e. The van der Waals surface area contributed by atoms with E-state index in [9.17, 15) is 0 Å². The molecule has 0 bridgehead atoms. The Kier molecular flexibility index (Phi) is 4.36. The number of hydrogen-bond donors (Lipinski definition) is 0. The van der Waals surface area contributed by atoms with Crippen LogP contribution in [0.1, 0.15) is 0 Å². The number of hydrogen-bond acceptors (Lipinski definition) is 4. The van der Waals surface area contributed by atoms with E-state index in [0.29, 0.717) is 11.8 Å². The van der Waals surface area contributed by atoms with Crippen molar-refractivity contribution in [3.63, 3.8) is 0 Å². The number of ether oxygens (including phenoxy) is 1. The monoisotopic (exact) mass is 414 g/mol. The average molecular weight is 414 g/mol. The Morgan fingerprint density at radius 2 is 1.28 bits per heavy atom. The van der Waals surface area contributed by atoms with Gasteiger partial charge in [-0.1, -0.05) is 42.5 Å². The lowest BCUT2D eigenvalue weighted by Crippen LogP contribution is -1.96. The zero-order valence-electron chi connectivity index (χ0n) is 17.1. The van der Waals surface area contributed by atoms with E-state index in [0.717, 1.165) is 28.0 Å². The van der Waals surface area contributed by atoms with Crippen molar-refractivity contribution in [2.45, 2.75) is 0 Å². The number of fused-ring (bicyclic) bond motifs is 3. The Balaban J connectivity index is 1.50. The maximum absolute atomic E-state index is 5.83. The van der Waals surface area contributed by atoms with Gasteiger partial charge in [0.05, 0.1) is 11.0 Å². The second-order valence-electron chi connectivity index (χ2n) is 7.43. The molecular weight excluding hydrogens is 396 g/mol. The van der Waals surface area contributed by atoms with Crippen molar-refractivity contribution in [3.05, 3.63) is 110 Å². The fourth-order valence-electron chi connectivity index (χ4n) is 4.04. The predicted molar refractivity (Wildman–Crippen MR) is 126 cm³/mol. The summed E-state index contributed by atoms with van der Waals surface area (Å²) in [7, 11) is 0. The molecule has 0 spiro atoms. The summed E-state index contributed by atoms with van der Waals surface area (Å²) in [6.45, 7) is 0. The van der Waals surface area contributed by atoms with E-state index in [1.54, 1.807) is 12.4 Å². The predicted octanol–water partition coefficient (Wildman–Crippen LogP) is 6.43. The summed E-state index contributed by atoms with van der Waals surface area (Å²) >= 11 is 0. The van der Waals surface area contributed by atoms with E-state index >= 15 is 0 Å². The van der Waals surface area contributed by atoms with E-state index < -0.39 is 0 Å². The lowest BCUT2D eigenvalue weighted by molar-refractivity contribution is 0.445. The van der Waals surface area contributed by atoms with Gasteiger partial charge in [0, 0.05) is 41.5 Å². The SMILES string of the molecule is c1ccc(Oc2cc(-c3ccc4c5ccccc5n(-c5ccccn5)c4c3)ccn2)nc1. The fourth-order valence-corrected chi connectivity index (χ4v) is 4.04. The Hall–Kier alpha value is -4.51. The summed E-state index contributed by atoms with van der Waals surface area (Å²) in [6.07, 6.45) is 5.28. The number of benzene rings is 2. The molecule has 4 heterocycles. The van der Waals surface area contributed by atoms with Gasteiger partial charge in [0.25, 0.3) is 0 Å². The molecule has 0 unspecified atom stereocenters. The molecule has 0 aliphatic carbocycles. The van der Waals surface area contributed by atoms with Gasteiger partial charge < -0.3 is 4.74 Å². The molecule has 0 aliphatic rings. The average Bonchev–Trinajstić information content (AvgIpc) is 3.19. The minimum absolute atomic E-state index is 0.506. The van der Waals surface area contributed by atoms with Gasteiger partial charge in [-0.3, -0.25) is 4.57 Å². The number of nitrogens with zero attached hydrogens (tertiary/aromatic N) is 4. The standard InChI is InChI=1S/C27H18N4O/c1-2-8-23-21(7-1)22-12-11-19(17-24(22)31(23)25-9-3-5-14-28-25)20-13-16-30-27(18-20)32-26-10-4-6-15-29-26/h1-18H. The number of aromatic nitrogens is 4. The lowest BCUT2D eigenvalue weighted by Gasteiger charge is -2.09. The third-order valence-corrected chi connectivity index (χ3v) is 5.47. The van der Waals surface area contributed by atoms with Crippen LogP contribution in [0.2, 0.25) is 0 Å². The summed E-state index contributed by atoms with van der Waals surface area (Å²) < 4.78 is 8.04. The topological polar surface area (TPSA) is 52.8 Å². The maximum Gasteiger partial charge on any atom is 0.221 e. The maximum atomic E-state index is 5.83. The molecule has 0 aliphatic heterocycles. The molecule has 6 rings (SSSR count). The molecule has 5 nitrogen and oxygen atoms in total. The molecule has 5 heteroatoms. The molecule has 4 aromatic heterocycles. The van der Waals surface area contributed by atoms with Crippen LogP contribution in [-0.2, 0) is 0 Å². The van der Waals surface area contributed by atoms with Crippen LogP contribution in [-0.4, -0.2) is 19.5 Å². The van der Waals surface area contributed by atoms with Gasteiger partial charge in [-0.15, -0.1) is 0 Å². The van der Waals surface area contributed by atoms with Crippen LogP contribution in [0.4, 0.5) is 0 Å². The second-order valence-corrected chi connectivity index (χ2v) is 7.43. The first-order chi connectivity index (χ1) is 15.9. The van der Waals surface area contributed by atoms with Gasteiger partial charge in [-0.05, 0) is 47.5 Å².